The molecule has 0 fully saturated rings. The molecule has 0 saturated heterocycles. The number of halogens is 2. The molecule has 3 aromatic rings. The minimum absolute atomic E-state index is 0.0105. The third-order valence-corrected chi connectivity index (χ3v) is 3.65. The Balaban J connectivity index is 1.80. The van der Waals surface area contributed by atoms with Gasteiger partial charge in [0.05, 0.1) is 33.0 Å². The molecule has 1 aromatic heterocycles. The second-order valence-electron chi connectivity index (χ2n) is 4.94. The summed E-state index contributed by atoms with van der Waals surface area (Å²) < 4.78 is 18.2. The van der Waals surface area contributed by atoms with E-state index in [0.717, 1.165) is 23.2 Å². The number of aromatic nitrogens is 2. The van der Waals surface area contributed by atoms with Gasteiger partial charge >= 0.3 is 5.97 Å². The molecule has 116 valence electrons. The Bertz CT molecular complexity index is 899. The second kappa shape index (κ2) is 6.30. The van der Waals surface area contributed by atoms with Crippen LogP contribution < -0.4 is 0 Å². The molecule has 0 amide bonds. The van der Waals surface area contributed by atoms with E-state index in [0.29, 0.717) is 11.4 Å². The summed E-state index contributed by atoms with van der Waals surface area (Å²) in [6.07, 6.45) is 0. The molecule has 0 unspecified atom stereocenters. The zero-order chi connectivity index (χ0) is 16.4. The number of esters is 1. The summed E-state index contributed by atoms with van der Waals surface area (Å²) in [5, 5.41) is 0.0105. The van der Waals surface area contributed by atoms with Crippen LogP contribution in [-0.4, -0.2) is 15.9 Å². The fourth-order valence-electron chi connectivity index (χ4n) is 2.13. The number of fused-ring (bicyclic) bond motifs is 1. The molecule has 0 saturated carbocycles. The van der Waals surface area contributed by atoms with E-state index in [9.17, 15) is 9.18 Å². The van der Waals surface area contributed by atoms with Crippen molar-refractivity contribution in [3.05, 3.63) is 70.3 Å². The third kappa shape index (κ3) is 3.29. The second-order valence-corrected chi connectivity index (χ2v) is 5.35. The smallest absolute Gasteiger partial charge is 0.340 e. The molecule has 0 aliphatic carbocycles. The Morgan fingerprint density at radius 3 is 2.57 bits per heavy atom. The van der Waals surface area contributed by atoms with Crippen molar-refractivity contribution in [1.82, 2.24) is 9.97 Å². The van der Waals surface area contributed by atoms with Gasteiger partial charge in [0.25, 0.3) is 0 Å². The highest BCUT2D eigenvalue weighted by Crippen LogP contribution is 2.19. The predicted molar refractivity (Wildman–Crippen MR) is 84.8 cm³/mol. The molecule has 0 spiro atoms. The van der Waals surface area contributed by atoms with E-state index in [1.807, 2.05) is 24.3 Å². The molecule has 23 heavy (non-hydrogen) atoms. The Labute approximate surface area is 136 Å². The van der Waals surface area contributed by atoms with Gasteiger partial charge in [0.2, 0.25) is 0 Å². The lowest BCUT2D eigenvalue weighted by Crippen LogP contribution is -2.09. The van der Waals surface area contributed by atoms with E-state index in [-0.39, 0.29) is 17.2 Å². The van der Waals surface area contributed by atoms with Crippen molar-refractivity contribution in [2.45, 2.75) is 13.5 Å². The number of rotatable bonds is 3. The molecule has 0 aliphatic heterocycles. The number of aryl methyl sites for hydroxylation is 1. The monoisotopic (exact) mass is 330 g/mol. The van der Waals surface area contributed by atoms with Crippen molar-refractivity contribution in [3.8, 4) is 0 Å². The Morgan fingerprint density at radius 2 is 1.87 bits per heavy atom. The Kier molecular flexibility index (Phi) is 4.21. The number of carbonyl (C=O) groups is 1. The number of nitrogens with zero attached hydrogens (tertiary/aromatic N) is 2. The molecule has 3 rings (SSSR count). The number of benzene rings is 2. The highest BCUT2D eigenvalue weighted by Gasteiger charge is 2.14. The van der Waals surface area contributed by atoms with E-state index < -0.39 is 11.8 Å². The fourth-order valence-corrected chi connectivity index (χ4v) is 2.37. The number of para-hydroxylation sites is 2. The van der Waals surface area contributed by atoms with Gasteiger partial charge in [-0.2, -0.15) is 0 Å². The lowest BCUT2D eigenvalue weighted by molar-refractivity contribution is 0.0467. The first-order chi connectivity index (χ1) is 11.0. The predicted octanol–water partition coefficient (Wildman–Crippen LogP) is 4.09. The van der Waals surface area contributed by atoms with Crippen LogP contribution in [0.5, 0.6) is 0 Å². The molecule has 4 nitrogen and oxygen atoms in total. The largest absolute Gasteiger partial charge is 0.455 e. The highest BCUT2D eigenvalue weighted by atomic mass is 35.5. The minimum Gasteiger partial charge on any atom is -0.455 e. The lowest BCUT2D eigenvalue weighted by atomic mass is 10.2. The van der Waals surface area contributed by atoms with E-state index in [1.165, 1.54) is 6.07 Å². The van der Waals surface area contributed by atoms with Gasteiger partial charge in [-0.1, -0.05) is 23.7 Å². The van der Waals surface area contributed by atoms with Crippen LogP contribution in [0.25, 0.3) is 11.0 Å². The molecular weight excluding hydrogens is 319 g/mol. The van der Waals surface area contributed by atoms with E-state index in [4.69, 9.17) is 16.3 Å². The number of ether oxygens (including phenoxy) is 1. The summed E-state index contributed by atoms with van der Waals surface area (Å²) >= 11 is 5.85. The van der Waals surface area contributed by atoms with Gasteiger partial charge < -0.3 is 4.74 Å². The van der Waals surface area contributed by atoms with Crippen molar-refractivity contribution in [1.29, 1.82) is 0 Å². The van der Waals surface area contributed by atoms with Gasteiger partial charge in [-0.25, -0.2) is 19.2 Å². The molecule has 0 bridgehead atoms. The molecule has 6 heteroatoms. The summed E-state index contributed by atoms with van der Waals surface area (Å²) in [5.74, 6) is -1.15. The van der Waals surface area contributed by atoms with E-state index in [2.05, 4.69) is 9.97 Å². The van der Waals surface area contributed by atoms with Gasteiger partial charge in [0.1, 0.15) is 12.4 Å². The Morgan fingerprint density at radius 1 is 1.17 bits per heavy atom. The van der Waals surface area contributed by atoms with Crippen LogP contribution >= 0.6 is 11.6 Å². The zero-order valence-corrected chi connectivity index (χ0v) is 13.0. The average molecular weight is 331 g/mol. The SMILES string of the molecule is Cc1nc2ccccc2nc1COC(=O)c1ccc(F)cc1Cl. The van der Waals surface area contributed by atoms with Crippen LogP contribution in [0, 0.1) is 12.7 Å². The number of carbonyl (C=O) groups excluding carboxylic acids is 1. The van der Waals surface area contributed by atoms with Crippen LogP contribution in [-0.2, 0) is 11.3 Å². The molecule has 0 N–H and O–H groups in total. The van der Waals surface area contributed by atoms with E-state index >= 15 is 0 Å². The van der Waals surface area contributed by atoms with Gasteiger partial charge in [-0.15, -0.1) is 0 Å². The molecular formula is C17H12ClFN2O2. The normalized spacial score (nSPS) is 10.7. The van der Waals surface area contributed by atoms with Gasteiger partial charge in [-0.3, -0.25) is 0 Å². The molecule has 1 heterocycles. The Hall–Kier alpha value is -2.53. The first-order valence-electron chi connectivity index (χ1n) is 6.89. The first-order valence-corrected chi connectivity index (χ1v) is 7.27. The van der Waals surface area contributed by atoms with Gasteiger partial charge in [-0.05, 0) is 37.3 Å². The van der Waals surface area contributed by atoms with Crippen molar-refractivity contribution >= 4 is 28.6 Å². The van der Waals surface area contributed by atoms with Gasteiger partial charge in [0.15, 0.2) is 0 Å². The minimum atomic E-state index is -0.635. The maximum Gasteiger partial charge on any atom is 0.340 e. The summed E-state index contributed by atoms with van der Waals surface area (Å²) in [4.78, 5) is 20.9. The average Bonchev–Trinajstić information content (AvgIpc) is 2.52. The molecule has 0 aliphatic rings. The van der Waals surface area contributed by atoms with Crippen LogP contribution in [0.1, 0.15) is 21.7 Å². The van der Waals surface area contributed by atoms with Crippen LogP contribution in [0.2, 0.25) is 5.02 Å². The lowest BCUT2D eigenvalue weighted by Gasteiger charge is -2.08. The summed E-state index contributed by atoms with van der Waals surface area (Å²) in [7, 11) is 0. The molecule has 0 atom stereocenters. The fraction of sp³-hybridized carbons (Fsp3) is 0.118. The van der Waals surface area contributed by atoms with Crippen LogP contribution in [0.3, 0.4) is 0 Å². The van der Waals surface area contributed by atoms with Crippen LogP contribution in [0.4, 0.5) is 4.39 Å². The van der Waals surface area contributed by atoms with Crippen molar-refractivity contribution in [2.24, 2.45) is 0 Å². The highest BCUT2D eigenvalue weighted by molar-refractivity contribution is 6.33. The summed E-state index contributed by atoms with van der Waals surface area (Å²) in [5.41, 5.74) is 2.86. The summed E-state index contributed by atoms with van der Waals surface area (Å²) in [6, 6.07) is 11.0. The van der Waals surface area contributed by atoms with Crippen LogP contribution in [0.15, 0.2) is 42.5 Å². The van der Waals surface area contributed by atoms with Crippen molar-refractivity contribution < 1.29 is 13.9 Å². The van der Waals surface area contributed by atoms with E-state index in [1.54, 1.807) is 6.92 Å². The first kappa shape index (κ1) is 15.4. The molecule has 2 aromatic carbocycles. The maximum atomic E-state index is 13.0. The summed E-state index contributed by atoms with van der Waals surface area (Å²) in [6.45, 7) is 1.77. The molecule has 0 radical (unpaired) electrons. The number of hydrogen-bond donors (Lipinski definition) is 0. The maximum absolute atomic E-state index is 13.0. The van der Waals surface area contributed by atoms with Crippen molar-refractivity contribution in [2.75, 3.05) is 0 Å². The van der Waals surface area contributed by atoms with Crippen molar-refractivity contribution in [3.63, 3.8) is 0 Å². The standard InChI is InChI=1S/C17H12ClFN2O2/c1-10-16(21-15-5-3-2-4-14(15)20-10)9-23-17(22)12-7-6-11(19)8-13(12)18/h2-8H,9H2,1H3. The quantitative estimate of drug-likeness (QED) is 0.679. The number of hydrogen-bond acceptors (Lipinski definition) is 4. The van der Waals surface area contributed by atoms with Gasteiger partial charge in [0, 0.05) is 0 Å². The topological polar surface area (TPSA) is 52.1 Å². The zero-order valence-electron chi connectivity index (χ0n) is 12.2. The third-order valence-electron chi connectivity index (χ3n) is 3.33.